The number of likely N-dealkylation sites (tertiary alicyclic amines) is 1. The Morgan fingerprint density at radius 2 is 1.94 bits per heavy atom. The van der Waals surface area contributed by atoms with E-state index in [1.165, 1.54) is 0 Å². The maximum absolute atomic E-state index is 11.7. The first-order valence-corrected chi connectivity index (χ1v) is 5.89. The normalized spacial score (nSPS) is 29.9. The van der Waals surface area contributed by atoms with E-state index in [0.29, 0.717) is 31.5 Å². The number of amides is 1. The largest absolute Gasteiger partial charge is 0.445 e. The van der Waals surface area contributed by atoms with Gasteiger partial charge in [0.2, 0.25) is 0 Å². The standard InChI is InChI=1S/C13H15NO3/c15-12-10-6-14(7-11(10)12)13(16)17-8-9-4-2-1-3-5-9/h1-5,10-12,15H,6-8H2/t10-,11-/m1/s1. The fraction of sp³-hybridized carbons (Fsp3) is 0.462. The Kier molecular flexibility index (Phi) is 2.52. The van der Waals surface area contributed by atoms with Crippen molar-refractivity contribution in [2.75, 3.05) is 13.1 Å². The topological polar surface area (TPSA) is 49.8 Å². The second-order valence-corrected chi connectivity index (χ2v) is 4.76. The number of carbonyl (C=O) groups is 1. The number of fused-ring (bicyclic) bond motifs is 1. The Balaban J connectivity index is 1.49. The van der Waals surface area contributed by atoms with Crippen LogP contribution in [0.2, 0.25) is 0 Å². The summed E-state index contributed by atoms with van der Waals surface area (Å²) in [7, 11) is 0. The number of nitrogens with zero attached hydrogens (tertiary/aromatic N) is 1. The van der Waals surface area contributed by atoms with Gasteiger partial charge >= 0.3 is 6.09 Å². The minimum atomic E-state index is -0.270. The number of rotatable bonds is 2. The molecule has 1 N–H and O–H groups in total. The summed E-state index contributed by atoms with van der Waals surface area (Å²) in [4.78, 5) is 13.4. The molecule has 2 atom stereocenters. The Hall–Kier alpha value is -1.55. The maximum atomic E-state index is 11.7. The molecule has 90 valence electrons. The fourth-order valence-corrected chi connectivity index (χ4v) is 2.45. The predicted molar refractivity (Wildman–Crippen MR) is 61.2 cm³/mol. The lowest BCUT2D eigenvalue weighted by Gasteiger charge is -2.18. The van der Waals surface area contributed by atoms with Crippen LogP contribution in [0.5, 0.6) is 0 Å². The lowest BCUT2D eigenvalue weighted by atomic mass is 10.2. The molecule has 2 aliphatic rings. The zero-order valence-electron chi connectivity index (χ0n) is 9.45. The number of aliphatic hydroxyl groups is 1. The van der Waals surface area contributed by atoms with Crippen LogP contribution in [-0.2, 0) is 11.3 Å². The van der Waals surface area contributed by atoms with Gasteiger partial charge in [-0.25, -0.2) is 4.79 Å². The fourth-order valence-electron chi connectivity index (χ4n) is 2.45. The first-order chi connectivity index (χ1) is 8.25. The SMILES string of the molecule is O=C(OCc1ccccc1)N1C[C@H]2C(O)[C@@H]2C1. The summed E-state index contributed by atoms with van der Waals surface area (Å²) >= 11 is 0. The number of benzene rings is 1. The van der Waals surface area contributed by atoms with Crippen LogP contribution in [0.15, 0.2) is 30.3 Å². The summed E-state index contributed by atoms with van der Waals surface area (Å²) in [6.07, 6.45) is -0.457. The number of hydrogen-bond donors (Lipinski definition) is 1. The van der Waals surface area contributed by atoms with Crippen LogP contribution in [0.3, 0.4) is 0 Å². The van der Waals surface area contributed by atoms with Crippen molar-refractivity contribution in [1.82, 2.24) is 4.90 Å². The second-order valence-electron chi connectivity index (χ2n) is 4.76. The molecule has 1 amide bonds. The first kappa shape index (κ1) is 10.6. The van der Waals surface area contributed by atoms with Gasteiger partial charge in [-0.1, -0.05) is 30.3 Å². The van der Waals surface area contributed by atoms with E-state index in [2.05, 4.69) is 0 Å². The van der Waals surface area contributed by atoms with E-state index in [1.807, 2.05) is 30.3 Å². The van der Waals surface area contributed by atoms with Gasteiger partial charge < -0.3 is 14.7 Å². The quantitative estimate of drug-likeness (QED) is 0.836. The van der Waals surface area contributed by atoms with Gasteiger partial charge in [-0.2, -0.15) is 0 Å². The van der Waals surface area contributed by atoms with Gasteiger partial charge in [-0.15, -0.1) is 0 Å². The van der Waals surface area contributed by atoms with E-state index in [9.17, 15) is 9.90 Å². The molecule has 1 saturated carbocycles. The summed E-state index contributed by atoms with van der Waals surface area (Å²) in [5.74, 6) is 0.582. The van der Waals surface area contributed by atoms with E-state index < -0.39 is 0 Å². The number of carbonyl (C=O) groups excluding carboxylic acids is 1. The highest BCUT2D eigenvalue weighted by Crippen LogP contribution is 2.45. The van der Waals surface area contributed by atoms with E-state index in [0.717, 1.165) is 5.56 Å². The van der Waals surface area contributed by atoms with Crippen molar-refractivity contribution in [2.24, 2.45) is 11.8 Å². The Morgan fingerprint density at radius 1 is 1.29 bits per heavy atom. The molecule has 4 heteroatoms. The van der Waals surface area contributed by atoms with Gasteiger partial charge in [-0.05, 0) is 5.56 Å². The zero-order chi connectivity index (χ0) is 11.8. The minimum absolute atomic E-state index is 0.187. The van der Waals surface area contributed by atoms with Gasteiger partial charge in [0.15, 0.2) is 0 Å². The number of hydrogen-bond acceptors (Lipinski definition) is 3. The third-order valence-corrected chi connectivity index (χ3v) is 3.61. The van der Waals surface area contributed by atoms with Crippen molar-refractivity contribution >= 4 is 6.09 Å². The molecule has 4 nitrogen and oxygen atoms in total. The first-order valence-electron chi connectivity index (χ1n) is 5.89. The molecule has 0 bridgehead atoms. The average Bonchev–Trinajstić information content (AvgIpc) is 2.81. The highest BCUT2D eigenvalue weighted by Gasteiger charge is 2.56. The maximum Gasteiger partial charge on any atom is 0.410 e. The Labute approximate surface area is 99.8 Å². The Bertz CT molecular complexity index is 408. The summed E-state index contributed by atoms with van der Waals surface area (Å²) in [5, 5.41) is 9.37. The van der Waals surface area contributed by atoms with Gasteiger partial charge in [0.05, 0.1) is 6.10 Å². The minimum Gasteiger partial charge on any atom is -0.445 e. The second kappa shape index (κ2) is 4.04. The molecule has 1 aliphatic carbocycles. The van der Waals surface area contributed by atoms with Crippen molar-refractivity contribution in [3.8, 4) is 0 Å². The molecular formula is C13H15NO3. The van der Waals surface area contributed by atoms with Crippen LogP contribution in [0.4, 0.5) is 4.79 Å². The van der Waals surface area contributed by atoms with E-state index in [-0.39, 0.29) is 12.2 Å². The lowest BCUT2D eigenvalue weighted by Crippen LogP contribution is -2.32. The molecular weight excluding hydrogens is 218 g/mol. The van der Waals surface area contributed by atoms with Crippen LogP contribution in [0, 0.1) is 11.8 Å². The van der Waals surface area contributed by atoms with Crippen LogP contribution < -0.4 is 0 Å². The number of piperidine rings is 1. The van der Waals surface area contributed by atoms with Crippen molar-refractivity contribution < 1.29 is 14.6 Å². The third kappa shape index (κ3) is 2.00. The number of aliphatic hydroxyl groups excluding tert-OH is 1. The van der Waals surface area contributed by atoms with E-state index in [1.54, 1.807) is 4.90 Å². The molecule has 2 fully saturated rings. The molecule has 1 aromatic rings. The zero-order valence-corrected chi connectivity index (χ0v) is 9.45. The monoisotopic (exact) mass is 233 g/mol. The molecule has 0 unspecified atom stereocenters. The van der Waals surface area contributed by atoms with Gasteiger partial charge in [-0.3, -0.25) is 0 Å². The van der Waals surface area contributed by atoms with Crippen molar-refractivity contribution in [1.29, 1.82) is 0 Å². The molecule has 1 saturated heterocycles. The summed E-state index contributed by atoms with van der Waals surface area (Å²) in [6, 6.07) is 9.63. The highest BCUT2D eigenvalue weighted by atomic mass is 16.6. The molecule has 3 rings (SSSR count). The molecule has 1 aromatic carbocycles. The number of ether oxygens (including phenoxy) is 1. The van der Waals surface area contributed by atoms with Gasteiger partial charge in [0.25, 0.3) is 0 Å². The molecule has 0 spiro atoms. The molecule has 1 aliphatic heterocycles. The summed E-state index contributed by atoms with van der Waals surface area (Å²) in [6.45, 7) is 1.59. The summed E-state index contributed by atoms with van der Waals surface area (Å²) in [5.41, 5.74) is 0.991. The summed E-state index contributed by atoms with van der Waals surface area (Å²) < 4.78 is 5.22. The smallest absolute Gasteiger partial charge is 0.410 e. The van der Waals surface area contributed by atoms with Gasteiger partial charge in [0.1, 0.15) is 6.61 Å². The van der Waals surface area contributed by atoms with Crippen molar-refractivity contribution in [3.05, 3.63) is 35.9 Å². The predicted octanol–water partition coefficient (Wildman–Crippen LogP) is 1.25. The van der Waals surface area contributed by atoms with E-state index in [4.69, 9.17) is 4.74 Å². The van der Waals surface area contributed by atoms with Crippen LogP contribution in [0.25, 0.3) is 0 Å². The third-order valence-electron chi connectivity index (χ3n) is 3.61. The molecule has 17 heavy (non-hydrogen) atoms. The van der Waals surface area contributed by atoms with E-state index >= 15 is 0 Å². The van der Waals surface area contributed by atoms with Crippen molar-refractivity contribution in [3.63, 3.8) is 0 Å². The molecule has 0 radical (unpaired) electrons. The van der Waals surface area contributed by atoms with Crippen LogP contribution in [0.1, 0.15) is 5.56 Å². The van der Waals surface area contributed by atoms with Crippen LogP contribution >= 0.6 is 0 Å². The molecule has 1 heterocycles. The average molecular weight is 233 g/mol. The lowest BCUT2D eigenvalue weighted by molar-refractivity contribution is 0.0932. The molecule has 0 aromatic heterocycles. The van der Waals surface area contributed by atoms with Gasteiger partial charge in [0, 0.05) is 24.9 Å². The highest BCUT2D eigenvalue weighted by molar-refractivity contribution is 5.68. The van der Waals surface area contributed by atoms with Crippen molar-refractivity contribution in [2.45, 2.75) is 12.7 Å². The van der Waals surface area contributed by atoms with Crippen LogP contribution in [-0.4, -0.2) is 35.3 Å². The Morgan fingerprint density at radius 3 is 2.59 bits per heavy atom.